The number of nitrogens with zero attached hydrogens (tertiary/aromatic N) is 1. The van der Waals surface area contributed by atoms with Crippen LogP contribution in [0.1, 0.15) is 62.5 Å². The van der Waals surface area contributed by atoms with Crippen LogP contribution in [-0.2, 0) is 20.4 Å². The van der Waals surface area contributed by atoms with Crippen LogP contribution >= 0.6 is 0 Å². The number of hydrogen-bond acceptors (Lipinski definition) is 4. The second-order valence-electron chi connectivity index (χ2n) is 10.6. The minimum absolute atomic E-state index is 0.0766. The maximum absolute atomic E-state index is 12.4. The Morgan fingerprint density at radius 1 is 0.649 bits per heavy atom. The number of anilines is 2. The third-order valence-electron chi connectivity index (χ3n) is 8.65. The predicted molar refractivity (Wildman–Crippen MR) is 143 cm³/mol. The first-order chi connectivity index (χ1) is 17.9. The van der Waals surface area contributed by atoms with Crippen molar-refractivity contribution in [3.63, 3.8) is 0 Å². The standard InChI is InChI=1S/C18H16N2O3.C12H13NO/c21-17-18(8-1-2-9-18)15-11-13(6-7-16(15)19-17)12-4-3-5-14(10-12)20(22)23;14-11-12(7-3-4-8-12)9-5-1-2-6-10(9)13-11/h3-7,10-11H,1-2,8-9H2,(H,19,21);1-2,5-6H,3-4,7-8H2,(H,13,14). The van der Waals surface area contributed by atoms with E-state index in [9.17, 15) is 19.7 Å². The second kappa shape index (κ2) is 8.83. The number of nitro groups is 1. The molecule has 2 aliphatic carbocycles. The molecule has 2 heterocycles. The Kier molecular flexibility index (Phi) is 5.59. The molecule has 2 aliphatic heterocycles. The number of fused-ring (bicyclic) bond motifs is 4. The summed E-state index contributed by atoms with van der Waals surface area (Å²) < 4.78 is 0. The molecular formula is C30H29N3O4. The fourth-order valence-corrected chi connectivity index (χ4v) is 6.72. The van der Waals surface area contributed by atoms with Crippen LogP contribution in [0.25, 0.3) is 11.1 Å². The average molecular weight is 496 g/mol. The summed E-state index contributed by atoms with van der Waals surface area (Å²) in [4.78, 5) is 35.0. The Balaban J connectivity index is 0.000000153. The number of carbonyl (C=O) groups excluding carboxylic acids is 2. The van der Waals surface area contributed by atoms with E-state index in [4.69, 9.17) is 0 Å². The molecule has 4 aliphatic rings. The molecule has 7 heteroatoms. The Morgan fingerprint density at radius 3 is 1.86 bits per heavy atom. The largest absolute Gasteiger partial charge is 0.325 e. The van der Waals surface area contributed by atoms with Crippen molar-refractivity contribution in [1.82, 2.24) is 0 Å². The quantitative estimate of drug-likeness (QED) is 0.314. The first-order valence-corrected chi connectivity index (χ1v) is 13.0. The van der Waals surface area contributed by atoms with E-state index >= 15 is 0 Å². The molecule has 0 radical (unpaired) electrons. The summed E-state index contributed by atoms with van der Waals surface area (Å²) in [5.41, 5.74) is 5.40. The third kappa shape index (κ3) is 3.72. The van der Waals surface area contributed by atoms with Gasteiger partial charge in [0.25, 0.3) is 5.69 Å². The minimum atomic E-state index is -0.397. The maximum atomic E-state index is 12.4. The number of hydrogen-bond donors (Lipinski definition) is 2. The fourth-order valence-electron chi connectivity index (χ4n) is 6.72. The van der Waals surface area contributed by atoms with Crippen LogP contribution in [0.5, 0.6) is 0 Å². The summed E-state index contributed by atoms with van der Waals surface area (Å²) in [6.45, 7) is 0. The van der Waals surface area contributed by atoms with Gasteiger partial charge in [0.15, 0.2) is 0 Å². The molecule has 37 heavy (non-hydrogen) atoms. The molecule has 0 atom stereocenters. The first kappa shape index (κ1) is 23.4. The van der Waals surface area contributed by atoms with Crippen LogP contribution in [-0.4, -0.2) is 16.7 Å². The van der Waals surface area contributed by atoms with Crippen molar-refractivity contribution in [3.05, 3.63) is 88.0 Å². The number of rotatable bonds is 2. The predicted octanol–water partition coefficient (Wildman–Crippen LogP) is 6.48. The normalized spacial score (nSPS) is 19.7. The van der Waals surface area contributed by atoms with E-state index in [1.165, 1.54) is 24.5 Å². The van der Waals surface area contributed by atoms with Crippen LogP contribution in [0, 0.1) is 10.1 Å². The molecule has 0 bridgehead atoms. The van der Waals surface area contributed by atoms with E-state index in [2.05, 4.69) is 16.7 Å². The molecule has 2 saturated carbocycles. The number of benzene rings is 3. The number of non-ortho nitro benzene ring substituents is 1. The molecule has 0 aromatic heterocycles. The van der Waals surface area contributed by atoms with Crippen LogP contribution < -0.4 is 10.6 Å². The number of nitro benzene ring substituents is 1. The average Bonchev–Trinajstić information content (AvgIpc) is 3.70. The molecular weight excluding hydrogens is 466 g/mol. The number of para-hydroxylation sites is 1. The van der Waals surface area contributed by atoms with E-state index in [1.54, 1.807) is 12.1 Å². The Labute approximate surface area is 215 Å². The van der Waals surface area contributed by atoms with E-state index in [1.807, 2.05) is 42.5 Å². The lowest BCUT2D eigenvalue weighted by atomic mass is 9.79. The van der Waals surface area contributed by atoms with Gasteiger partial charge in [0.1, 0.15) is 0 Å². The topological polar surface area (TPSA) is 101 Å². The van der Waals surface area contributed by atoms with Gasteiger partial charge >= 0.3 is 0 Å². The summed E-state index contributed by atoms with van der Waals surface area (Å²) in [5.74, 6) is 0.317. The van der Waals surface area contributed by atoms with Gasteiger partial charge in [0.2, 0.25) is 11.8 Å². The van der Waals surface area contributed by atoms with E-state index in [0.29, 0.717) is 0 Å². The minimum Gasteiger partial charge on any atom is -0.325 e. The molecule has 2 fully saturated rings. The van der Waals surface area contributed by atoms with Gasteiger partial charge in [0, 0.05) is 23.5 Å². The van der Waals surface area contributed by atoms with Crippen molar-refractivity contribution in [2.75, 3.05) is 10.6 Å². The lowest BCUT2D eigenvalue weighted by molar-refractivity contribution is -0.384. The van der Waals surface area contributed by atoms with Gasteiger partial charge in [0.05, 0.1) is 15.8 Å². The van der Waals surface area contributed by atoms with E-state index < -0.39 is 5.41 Å². The van der Waals surface area contributed by atoms with E-state index in [0.717, 1.165) is 66.6 Å². The van der Waals surface area contributed by atoms with Crippen molar-refractivity contribution in [2.24, 2.45) is 0 Å². The van der Waals surface area contributed by atoms with E-state index in [-0.39, 0.29) is 27.8 Å². The molecule has 7 rings (SSSR count). The van der Waals surface area contributed by atoms with Crippen molar-refractivity contribution < 1.29 is 14.5 Å². The van der Waals surface area contributed by atoms with Crippen molar-refractivity contribution in [1.29, 1.82) is 0 Å². The Hall–Kier alpha value is -4.00. The number of carbonyl (C=O) groups is 2. The van der Waals surface area contributed by atoms with Crippen molar-refractivity contribution in [3.8, 4) is 11.1 Å². The summed E-state index contributed by atoms with van der Waals surface area (Å²) in [6.07, 6.45) is 8.30. The lowest BCUT2D eigenvalue weighted by Gasteiger charge is -2.21. The highest BCUT2D eigenvalue weighted by atomic mass is 16.6. The number of amides is 2. The van der Waals surface area contributed by atoms with Crippen LogP contribution in [0.3, 0.4) is 0 Å². The monoisotopic (exact) mass is 495 g/mol. The molecule has 0 unspecified atom stereocenters. The zero-order valence-corrected chi connectivity index (χ0v) is 20.6. The zero-order chi connectivity index (χ0) is 25.6. The molecule has 0 saturated heterocycles. The van der Waals surface area contributed by atoms with Crippen molar-refractivity contribution >= 4 is 28.9 Å². The van der Waals surface area contributed by atoms with Gasteiger partial charge in [-0.05, 0) is 66.1 Å². The van der Waals surface area contributed by atoms with Crippen LogP contribution in [0.4, 0.5) is 17.1 Å². The highest BCUT2D eigenvalue weighted by molar-refractivity contribution is 6.07. The maximum Gasteiger partial charge on any atom is 0.270 e. The third-order valence-corrected chi connectivity index (χ3v) is 8.65. The highest BCUT2D eigenvalue weighted by Gasteiger charge is 2.49. The molecule has 7 nitrogen and oxygen atoms in total. The van der Waals surface area contributed by atoms with Crippen LogP contribution in [0.2, 0.25) is 0 Å². The second-order valence-corrected chi connectivity index (χ2v) is 10.6. The Bertz CT molecular complexity index is 1420. The SMILES string of the molecule is O=C1Nc2ccc(-c3cccc([N+](=O)[O-])c3)cc2C12CCCC2.O=C1Nc2ccccc2C12CCCC2. The van der Waals surface area contributed by atoms with Gasteiger partial charge in [-0.1, -0.05) is 62.1 Å². The molecule has 3 aromatic carbocycles. The van der Waals surface area contributed by atoms with Gasteiger partial charge < -0.3 is 10.6 Å². The number of nitrogens with one attached hydrogen (secondary N) is 2. The molecule has 3 aromatic rings. The summed E-state index contributed by atoms with van der Waals surface area (Å²) in [5, 5.41) is 17.0. The van der Waals surface area contributed by atoms with Gasteiger partial charge in [-0.25, -0.2) is 0 Å². The smallest absolute Gasteiger partial charge is 0.270 e. The molecule has 2 N–H and O–H groups in total. The molecule has 2 spiro atoms. The molecule has 2 amide bonds. The summed E-state index contributed by atoms with van der Waals surface area (Å²) in [7, 11) is 0. The highest BCUT2D eigenvalue weighted by Crippen LogP contribution is 2.50. The summed E-state index contributed by atoms with van der Waals surface area (Å²) >= 11 is 0. The first-order valence-electron chi connectivity index (χ1n) is 13.0. The zero-order valence-electron chi connectivity index (χ0n) is 20.6. The van der Waals surface area contributed by atoms with Crippen LogP contribution in [0.15, 0.2) is 66.7 Å². The summed E-state index contributed by atoms with van der Waals surface area (Å²) in [6, 6.07) is 20.6. The van der Waals surface area contributed by atoms with Crippen molar-refractivity contribution in [2.45, 2.75) is 62.2 Å². The lowest BCUT2D eigenvalue weighted by Crippen LogP contribution is -2.30. The fraction of sp³-hybridized carbons (Fsp3) is 0.333. The van der Waals surface area contributed by atoms with Gasteiger partial charge in [-0.15, -0.1) is 0 Å². The Morgan fingerprint density at radius 2 is 1.22 bits per heavy atom. The molecule has 188 valence electrons. The van der Waals surface area contributed by atoms with Gasteiger partial charge in [-0.2, -0.15) is 0 Å². The van der Waals surface area contributed by atoms with Gasteiger partial charge in [-0.3, -0.25) is 19.7 Å².